The van der Waals surface area contributed by atoms with Gasteiger partial charge in [-0.1, -0.05) is 19.4 Å². The Hall–Kier alpha value is -2.48. The SMILES string of the molecule is CN=C(N)NC[C@@H]1C[C@H]([C@H](O)C[C@@H](CCc2ccc(O)c(OC)c2)OC(C)=O)CC[C@@H]1C. The summed E-state index contributed by atoms with van der Waals surface area (Å²) in [5.41, 5.74) is 6.74. The maximum atomic E-state index is 11.7. The van der Waals surface area contributed by atoms with E-state index < -0.39 is 6.10 Å². The average molecular weight is 450 g/mol. The molecule has 0 spiro atoms. The summed E-state index contributed by atoms with van der Waals surface area (Å²) < 4.78 is 10.7. The Kier molecular flexibility index (Phi) is 10.1. The lowest BCUT2D eigenvalue weighted by atomic mass is 9.72. The molecule has 1 aromatic rings. The van der Waals surface area contributed by atoms with Crippen molar-refractivity contribution in [3.63, 3.8) is 0 Å². The Balaban J connectivity index is 1.96. The fraction of sp³-hybridized carbons (Fsp3) is 0.667. The summed E-state index contributed by atoms with van der Waals surface area (Å²) in [5, 5.41) is 23.9. The number of nitrogens with two attached hydrogens (primary N) is 1. The van der Waals surface area contributed by atoms with Crippen molar-refractivity contribution in [3.05, 3.63) is 23.8 Å². The minimum Gasteiger partial charge on any atom is -0.504 e. The third-order valence-corrected chi connectivity index (χ3v) is 6.57. The van der Waals surface area contributed by atoms with E-state index in [2.05, 4.69) is 17.2 Å². The first kappa shape index (κ1) is 25.8. The van der Waals surface area contributed by atoms with Crippen molar-refractivity contribution in [2.45, 2.75) is 64.6 Å². The van der Waals surface area contributed by atoms with Crippen LogP contribution in [-0.4, -0.2) is 55.1 Å². The van der Waals surface area contributed by atoms with Gasteiger partial charge in [-0.2, -0.15) is 0 Å². The second-order valence-corrected chi connectivity index (χ2v) is 8.88. The van der Waals surface area contributed by atoms with Crippen LogP contribution < -0.4 is 15.8 Å². The van der Waals surface area contributed by atoms with Crippen molar-refractivity contribution in [1.82, 2.24) is 5.32 Å². The summed E-state index contributed by atoms with van der Waals surface area (Å²) in [6.45, 7) is 4.37. The van der Waals surface area contributed by atoms with E-state index in [0.717, 1.165) is 31.4 Å². The number of esters is 1. The Labute approximate surface area is 191 Å². The number of nitrogens with one attached hydrogen (secondary N) is 1. The van der Waals surface area contributed by atoms with Crippen molar-refractivity contribution < 1.29 is 24.5 Å². The van der Waals surface area contributed by atoms with Gasteiger partial charge in [-0.3, -0.25) is 9.79 Å². The molecule has 0 aliphatic heterocycles. The van der Waals surface area contributed by atoms with E-state index in [1.54, 1.807) is 19.2 Å². The molecule has 1 saturated carbocycles. The highest BCUT2D eigenvalue weighted by Crippen LogP contribution is 2.36. The molecule has 1 aromatic carbocycles. The summed E-state index contributed by atoms with van der Waals surface area (Å²) in [6, 6.07) is 5.20. The van der Waals surface area contributed by atoms with Gasteiger partial charge in [0.2, 0.25) is 0 Å². The molecule has 5 atom stereocenters. The van der Waals surface area contributed by atoms with E-state index in [1.165, 1.54) is 14.0 Å². The number of phenolic OH excluding ortho intramolecular Hbond substituents is 1. The number of rotatable bonds is 10. The third kappa shape index (κ3) is 7.89. The number of ether oxygens (including phenoxy) is 2. The molecule has 0 saturated heterocycles. The molecule has 0 bridgehead atoms. The molecular formula is C24H39N3O5. The monoisotopic (exact) mass is 449 g/mol. The number of aliphatic imine (C=N–C) groups is 1. The number of nitrogens with zero attached hydrogens (tertiary/aromatic N) is 1. The summed E-state index contributed by atoms with van der Waals surface area (Å²) in [7, 11) is 3.16. The molecule has 0 unspecified atom stereocenters. The van der Waals surface area contributed by atoms with E-state index in [-0.39, 0.29) is 23.7 Å². The van der Waals surface area contributed by atoms with E-state index in [9.17, 15) is 15.0 Å². The molecule has 0 amide bonds. The van der Waals surface area contributed by atoms with Gasteiger partial charge < -0.3 is 30.7 Å². The molecule has 32 heavy (non-hydrogen) atoms. The molecule has 5 N–H and O–H groups in total. The van der Waals surface area contributed by atoms with Gasteiger partial charge in [0.05, 0.1) is 13.2 Å². The number of aliphatic hydroxyl groups is 1. The normalized spacial score (nSPS) is 23.3. The Bertz CT molecular complexity index is 770. The van der Waals surface area contributed by atoms with Crippen LogP contribution in [0.15, 0.2) is 23.2 Å². The molecule has 2 rings (SSSR count). The molecule has 1 fully saturated rings. The Morgan fingerprint density at radius 2 is 2.12 bits per heavy atom. The van der Waals surface area contributed by atoms with Gasteiger partial charge >= 0.3 is 5.97 Å². The predicted molar refractivity (Wildman–Crippen MR) is 125 cm³/mol. The highest BCUT2D eigenvalue weighted by Gasteiger charge is 2.33. The van der Waals surface area contributed by atoms with Gasteiger partial charge in [-0.05, 0) is 61.1 Å². The van der Waals surface area contributed by atoms with E-state index in [0.29, 0.717) is 42.8 Å². The number of guanidine groups is 1. The van der Waals surface area contributed by atoms with Crippen LogP contribution in [0.1, 0.15) is 51.5 Å². The minimum atomic E-state index is -0.541. The fourth-order valence-electron chi connectivity index (χ4n) is 4.53. The molecule has 1 aliphatic carbocycles. The standard InChI is InChI=1S/C24H39N3O5/c1-15-5-8-18(12-19(15)14-27-24(25)26-3)22(30)13-20(32-16(2)28)9-6-17-7-10-21(29)23(11-17)31-4/h7,10-11,15,18-20,22,29-30H,5-6,8-9,12-14H2,1-4H3,(H3,25,26,27)/t15-,18+,19-,20+,22+/m0/s1. The molecular weight excluding hydrogens is 410 g/mol. The smallest absolute Gasteiger partial charge is 0.302 e. The van der Waals surface area contributed by atoms with Crippen molar-refractivity contribution in [2.24, 2.45) is 28.5 Å². The van der Waals surface area contributed by atoms with Gasteiger partial charge in [0, 0.05) is 26.9 Å². The lowest BCUT2D eigenvalue weighted by molar-refractivity contribution is -0.148. The van der Waals surface area contributed by atoms with E-state index in [4.69, 9.17) is 15.2 Å². The van der Waals surface area contributed by atoms with Crippen molar-refractivity contribution in [3.8, 4) is 11.5 Å². The molecule has 8 nitrogen and oxygen atoms in total. The molecule has 0 aromatic heterocycles. The number of aliphatic hydroxyl groups excluding tert-OH is 1. The number of aromatic hydroxyl groups is 1. The number of benzene rings is 1. The summed E-state index contributed by atoms with van der Waals surface area (Å²) in [4.78, 5) is 15.6. The second-order valence-electron chi connectivity index (χ2n) is 8.88. The van der Waals surface area contributed by atoms with Crippen molar-refractivity contribution >= 4 is 11.9 Å². The van der Waals surface area contributed by atoms with Crippen LogP contribution in [0, 0.1) is 17.8 Å². The molecule has 1 aliphatic rings. The Morgan fingerprint density at radius 1 is 1.38 bits per heavy atom. The average Bonchev–Trinajstić information content (AvgIpc) is 2.76. The maximum Gasteiger partial charge on any atom is 0.302 e. The topological polar surface area (TPSA) is 126 Å². The van der Waals surface area contributed by atoms with Crippen LogP contribution >= 0.6 is 0 Å². The van der Waals surface area contributed by atoms with E-state index in [1.807, 2.05) is 6.07 Å². The quantitative estimate of drug-likeness (QED) is 0.246. The predicted octanol–water partition coefficient (Wildman–Crippen LogP) is 2.60. The van der Waals surface area contributed by atoms with E-state index >= 15 is 0 Å². The number of methoxy groups -OCH3 is 1. The summed E-state index contributed by atoms with van der Waals surface area (Å²) >= 11 is 0. The summed E-state index contributed by atoms with van der Waals surface area (Å²) in [6.07, 6.45) is 3.62. The number of aryl methyl sites for hydroxylation is 1. The van der Waals surface area contributed by atoms with Gasteiger partial charge in [0.15, 0.2) is 17.5 Å². The summed E-state index contributed by atoms with van der Waals surface area (Å²) in [5.74, 6) is 1.69. The highest BCUT2D eigenvalue weighted by molar-refractivity contribution is 5.77. The van der Waals surface area contributed by atoms with Crippen LogP contribution in [-0.2, 0) is 16.0 Å². The van der Waals surface area contributed by atoms with Crippen LogP contribution in [0.25, 0.3) is 0 Å². The first-order valence-electron chi connectivity index (χ1n) is 11.4. The lowest BCUT2D eigenvalue weighted by Crippen LogP contribution is -2.41. The third-order valence-electron chi connectivity index (χ3n) is 6.57. The van der Waals surface area contributed by atoms with Crippen LogP contribution in [0.2, 0.25) is 0 Å². The van der Waals surface area contributed by atoms with Crippen LogP contribution in [0.5, 0.6) is 11.5 Å². The van der Waals surface area contributed by atoms with Crippen molar-refractivity contribution in [2.75, 3.05) is 20.7 Å². The zero-order valence-electron chi connectivity index (χ0n) is 19.7. The van der Waals surface area contributed by atoms with Gasteiger partial charge in [0.1, 0.15) is 6.10 Å². The first-order valence-corrected chi connectivity index (χ1v) is 11.4. The highest BCUT2D eigenvalue weighted by atomic mass is 16.5. The van der Waals surface area contributed by atoms with Gasteiger partial charge in [-0.25, -0.2) is 0 Å². The fourth-order valence-corrected chi connectivity index (χ4v) is 4.53. The largest absolute Gasteiger partial charge is 0.504 e. The maximum absolute atomic E-state index is 11.7. The van der Waals surface area contributed by atoms with Gasteiger partial charge in [0.25, 0.3) is 0 Å². The van der Waals surface area contributed by atoms with Gasteiger partial charge in [-0.15, -0.1) is 0 Å². The number of hydrogen-bond donors (Lipinski definition) is 4. The van der Waals surface area contributed by atoms with Crippen LogP contribution in [0.4, 0.5) is 0 Å². The van der Waals surface area contributed by atoms with Crippen LogP contribution in [0.3, 0.4) is 0 Å². The number of carbonyl (C=O) groups is 1. The molecule has 180 valence electrons. The zero-order chi connectivity index (χ0) is 23.7. The number of carbonyl (C=O) groups excluding carboxylic acids is 1. The Morgan fingerprint density at radius 3 is 2.78 bits per heavy atom. The zero-order valence-corrected chi connectivity index (χ0v) is 19.7. The molecule has 8 heteroatoms. The lowest BCUT2D eigenvalue weighted by Gasteiger charge is -2.37. The first-order chi connectivity index (χ1) is 15.2. The molecule has 0 heterocycles. The number of phenols is 1. The molecule has 0 radical (unpaired) electrons. The minimum absolute atomic E-state index is 0.0887. The second kappa shape index (κ2) is 12.5. The van der Waals surface area contributed by atoms with Crippen molar-refractivity contribution in [1.29, 1.82) is 0 Å². The number of hydrogen-bond acceptors (Lipinski definition) is 6.